The van der Waals surface area contributed by atoms with E-state index in [-0.39, 0.29) is 5.91 Å². The van der Waals surface area contributed by atoms with Gasteiger partial charge in [-0.15, -0.1) is 0 Å². The molecule has 1 N–H and O–H groups in total. The third-order valence-corrected chi connectivity index (χ3v) is 3.54. The van der Waals surface area contributed by atoms with Crippen molar-refractivity contribution < 1.29 is 14.3 Å². The molecule has 1 aromatic carbocycles. The number of hydrogen-bond donors (Lipinski definition) is 1. The maximum Gasteiger partial charge on any atom is 0.328 e. The number of amides is 1. The standard InChI is InChI=1S/C15H15NO3S/c1-19-15(18)13(9-11-5-3-2-4-6-11)16-14(17)12-7-8-20-10-12/h2-8,10,13H,9H2,1H3,(H,16,17)/t13-/m0/s1. The van der Waals surface area contributed by atoms with E-state index in [0.717, 1.165) is 5.56 Å². The van der Waals surface area contributed by atoms with Crippen molar-refractivity contribution in [2.24, 2.45) is 0 Å². The number of carbonyl (C=O) groups is 2. The van der Waals surface area contributed by atoms with Gasteiger partial charge in [0.25, 0.3) is 5.91 Å². The Morgan fingerprint density at radius 2 is 2.00 bits per heavy atom. The molecular formula is C15H15NO3S. The molecule has 0 aliphatic carbocycles. The molecule has 0 unspecified atom stereocenters. The number of thiophene rings is 1. The van der Waals surface area contributed by atoms with Crippen LogP contribution in [0.25, 0.3) is 0 Å². The number of nitrogens with one attached hydrogen (secondary N) is 1. The molecule has 0 fully saturated rings. The number of hydrogen-bond acceptors (Lipinski definition) is 4. The first-order valence-corrected chi connectivity index (χ1v) is 7.10. The summed E-state index contributed by atoms with van der Waals surface area (Å²) in [6.45, 7) is 0. The van der Waals surface area contributed by atoms with Gasteiger partial charge in [-0.2, -0.15) is 11.3 Å². The van der Waals surface area contributed by atoms with Crippen LogP contribution in [0.5, 0.6) is 0 Å². The van der Waals surface area contributed by atoms with Gasteiger partial charge in [0, 0.05) is 11.8 Å². The molecule has 20 heavy (non-hydrogen) atoms. The van der Waals surface area contributed by atoms with Gasteiger partial charge in [0.15, 0.2) is 0 Å². The highest BCUT2D eigenvalue weighted by molar-refractivity contribution is 7.08. The Morgan fingerprint density at radius 3 is 2.60 bits per heavy atom. The number of ether oxygens (including phenoxy) is 1. The summed E-state index contributed by atoms with van der Waals surface area (Å²) in [5.41, 5.74) is 1.52. The minimum Gasteiger partial charge on any atom is -0.467 e. The summed E-state index contributed by atoms with van der Waals surface area (Å²) in [5.74, 6) is -0.713. The van der Waals surface area contributed by atoms with E-state index in [0.29, 0.717) is 12.0 Å². The molecule has 0 aliphatic rings. The van der Waals surface area contributed by atoms with Gasteiger partial charge in [-0.3, -0.25) is 4.79 Å². The van der Waals surface area contributed by atoms with Gasteiger partial charge >= 0.3 is 5.97 Å². The predicted molar refractivity (Wildman–Crippen MR) is 77.7 cm³/mol. The molecular weight excluding hydrogens is 274 g/mol. The fraction of sp³-hybridized carbons (Fsp3) is 0.200. The van der Waals surface area contributed by atoms with Crippen LogP contribution in [0.15, 0.2) is 47.2 Å². The fourth-order valence-corrected chi connectivity index (χ4v) is 2.46. The normalized spacial score (nSPS) is 11.7. The Balaban J connectivity index is 2.08. The molecule has 2 aromatic rings. The first-order chi connectivity index (χ1) is 9.70. The topological polar surface area (TPSA) is 55.4 Å². The lowest BCUT2D eigenvalue weighted by Crippen LogP contribution is -2.42. The van der Waals surface area contributed by atoms with E-state index in [9.17, 15) is 9.59 Å². The van der Waals surface area contributed by atoms with Gasteiger partial charge in [0.1, 0.15) is 6.04 Å². The van der Waals surface area contributed by atoms with E-state index in [1.807, 2.05) is 35.7 Å². The minimum atomic E-state index is -0.685. The second-order valence-corrected chi connectivity index (χ2v) is 5.03. The average molecular weight is 289 g/mol. The van der Waals surface area contributed by atoms with Crippen molar-refractivity contribution in [1.29, 1.82) is 0 Å². The Hall–Kier alpha value is -2.14. The first-order valence-electron chi connectivity index (χ1n) is 6.15. The summed E-state index contributed by atoms with van der Waals surface area (Å²) in [6.07, 6.45) is 0.406. The van der Waals surface area contributed by atoms with Gasteiger partial charge in [0.2, 0.25) is 0 Å². The monoisotopic (exact) mass is 289 g/mol. The van der Waals surface area contributed by atoms with Gasteiger partial charge in [-0.05, 0) is 17.0 Å². The highest BCUT2D eigenvalue weighted by atomic mass is 32.1. The van der Waals surface area contributed by atoms with Crippen molar-refractivity contribution in [1.82, 2.24) is 5.32 Å². The van der Waals surface area contributed by atoms with Crippen molar-refractivity contribution in [2.45, 2.75) is 12.5 Å². The van der Waals surface area contributed by atoms with Crippen LogP contribution in [0.1, 0.15) is 15.9 Å². The lowest BCUT2D eigenvalue weighted by Gasteiger charge is -2.16. The van der Waals surface area contributed by atoms with E-state index in [2.05, 4.69) is 5.32 Å². The molecule has 104 valence electrons. The molecule has 4 nitrogen and oxygen atoms in total. The molecule has 1 amide bonds. The number of carbonyl (C=O) groups excluding carboxylic acids is 2. The summed E-state index contributed by atoms with van der Waals surface area (Å²) in [7, 11) is 1.32. The van der Waals surface area contributed by atoms with Crippen LogP contribution in [0.2, 0.25) is 0 Å². The summed E-state index contributed by atoms with van der Waals surface area (Å²) in [4.78, 5) is 23.8. The number of esters is 1. The highest BCUT2D eigenvalue weighted by Crippen LogP contribution is 2.08. The van der Waals surface area contributed by atoms with E-state index in [1.165, 1.54) is 18.4 Å². The van der Waals surface area contributed by atoms with Crippen molar-refractivity contribution in [3.8, 4) is 0 Å². The Morgan fingerprint density at radius 1 is 1.25 bits per heavy atom. The maximum absolute atomic E-state index is 12.0. The van der Waals surface area contributed by atoms with E-state index in [4.69, 9.17) is 4.74 Å². The first kappa shape index (κ1) is 14.3. The molecule has 5 heteroatoms. The van der Waals surface area contributed by atoms with Gasteiger partial charge in [-0.25, -0.2) is 4.79 Å². The maximum atomic E-state index is 12.0. The molecule has 0 spiro atoms. The lowest BCUT2D eigenvalue weighted by molar-refractivity contribution is -0.142. The van der Waals surface area contributed by atoms with Crippen LogP contribution >= 0.6 is 11.3 Å². The highest BCUT2D eigenvalue weighted by Gasteiger charge is 2.22. The third kappa shape index (κ3) is 3.68. The van der Waals surface area contributed by atoms with Crippen LogP contribution in [-0.2, 0) is 16.0 Å². The molecule has 0 saturated heterocycles. The molecule has 0 bridgehead atoms. The second-order valence-electron chi connectivity index (χ2n) is 4.25. The summed E-state index contributed by atoms with van der Waals surface area (Å²) in [5, 5.41) is 6.27. The fourth-order valence-electron chi connectivity index (χ4n) is 1.82. The summed E-state index contributed by atoms with van der Waals surface area (Å²) >= 11 is 1.44. The van der Waals surface area contributed by atoms with Crippen molar-refractivity contribution >= 4 is 23.2 Å². The number of benzene rings is 1. The van der Waals surface area contributed by atoms with Crippen LogP contribution in [0.4, 0.5) is 0 Å². The van der Waals surface area contributed by atoms with Crippen molar-refractivity contribution in [3.63, 3.8) is 0 Å². The van der Waals surface area contributed by atoms with Crippen molar-refractivity contribution in [2.75, 3.05) is 7.11 Å². The van der Waals surface area contributed by atoms with Gasteiger partial charge in [0.05, 0.1) is 12.7 Å². The molecule has 0 aliphatic heterocycles. The van der Waals surface area contributed by atoms with Crippen LogP contribution < -0.4 is 5.32 Å². The zero-order chi connectivity index (χ0) is 14.4. The van der Waals surface area contributed by atoms with Crippen LogP contribution in [-0.4, -0.2) is 25.0 Å². The molecule has 1 heterocycles. The lowest BCUT2D eigenvalue weighted by atomic mass is 10.1. The zero-order valence-electron chi connectivity index (χ0n) is 11.0. The summed E-state index contributed by atoms with van der Waals surface area (Å²) in [6, 6.07) is 10.5. The van der Waals surface area contributed by atoms with Gasteiger partial charge < -0.3 is 10.1 Å². The van der Waals surface area contributed by atoms with Crippen LogP contribution in [0, 0.1) is 0 Å². The van der Waals surface area contributed by atoms with E-state index in [1.54, 1.807) is 11.4 Å². The molecule has 0 saturated carbocycles. The van der Waals surface area contributed by atoms with E-state index < -0.39 is 12.0 Å². The Labute approximate surface area is 121 Å². The molecule has 1 atom stereocenters. The SMILES string of the molecule is COC(=O)[C@H](Cc1ccccc1)NC(=O)c1ccsc1. The van der Waals surface area contributed by atoms with Crippen molar-refractivity contribution in [3.05, 3.63) is 58.3 Å². The van der Waals surface area contributed by atoms with E-state index >= 15 is 0 Å². The Bertz CT molecular complexity index is 566. The molecule has 1 aromatic heterocycles. The zero-order valence-corrected chi connectivity index (χ0v) is 11.9. The average Bonchev–Trinajstić information content (AvgIpc) is 3.01. The number of methoxy groups -OCH3 is 1. The molecule has 0 radical (unpaired) electrons. The second kappa shape index (κ2) is 6.86. The Kier molecular flexibility index (Phi) is 4.90. The van der Waals surface area contributed by atoms with Crippen LogP contribution in [0.3, 0.4) is 0 Å². The minimum absolute atomic E-state index is 0.266. The summed E-state index contributed by atoms with van der Waals surface area (Å²) < 4.78 is 4.75. The quantitative estimate of drug-likeness (QED) is 0.859. The molecule has 2 rings (SSSR count). The largest absolute Gasteiger partial charge is 0.467 e. The third-order valence-electron chi connectivity index (χ3n) is 2.86. The number of rotatable bonds is 5. The predicted octanol–water partition coefficient (Wildman–Crippen LogP) is 2.26. The van der Waals surface area contributed by atoms with Gasteiger partial charge in [-0.1, -0.05) is 30.3 Å². The smallest absolute Gasteiger partial charge is 0.328 e.